The molecule has 8 nitrogen and oxygen atoms in total. The maximum Gasteiger partial charge on any atom is 0.328 e. The van der Waals surface area contributed by atoms with Gasteiger partial charge in [-0.1, -0.05) is 0 Å². The molecule has 0 aliphatic carbocycles. The molecule has 4 amide bonds. The van der Waals surface area contributed by atoms with Crippen molar-refractivity contribution in [3.63, 3.8) is 0 Å². The van der Waals surface area contributed by atoms with Crippen LogP contribution in [-0.4, -0.2) is 82.8 Å². The predicted octanol–water partition coefficient (Wildman–Crippen LogP) is 0.350. The lowest BCUT2D eigenvalue weighted by molar-refractivity contribution is -0.137. The molecule has 4 heterocycles. The third-order valence-corrected chi connectivity index (χ3v) is 5.20. The molecule has 25 heavy (non-hydrogen) atoms. The van der Waals surface area contributed by atoms with Crippen LogP contribution in [0.5, 0.6) is 0 Å². The summed E-state index contributed by atoms with van der Waals surface area (Å²) in [5, 5.41) is 0. The van der Waals surface area contributed by atoms with Gasteiger partial charge in [-0.15, -0.1) is 0 Å². The van der Waals surface area contributed by atoms with E-state index in [4.69, 9.17) is 4.42 Å². The minimum atomic E-state index is -0.498. The Morgan fingerprint density at radius 2 is 1.96 bits per heavy atom. The molecule has 0 aromatic carbocycles. The average molecular weight is 346 g/mol. The topological polar surface area (TPSA) is 77.3 Å². The van der Waals surface area contributed by atoms with Crippen LogP contribution in [-0.2, 0) is 16.1 Å². The Bertz CT molecular complexity index is 668. The number of urea groups is 1. The molecule has 3 aliphatic heterocycles. The van der Waals surface area contributed by atoms with E-state index in [1.165, 1.54) is 0 Å². The molecule has 1 aromatic rings. The first-order valence-corrected chi connectivity index (χ1v) is 8.78. The highest BCUT2D eigenvalue weighted by molar-refractivity contribution is 6.06. The molecule has 134 valence electrons. The number of carbonyl (C=O) groups excluding carboxylic acids is 3. The number of carbonyl (C=O) groups is 3. The fourth-order valence-electron chi connectivity index (χ4n) is 3.82. The summed E-state index contributed by atoms with van der Waals surface area (Å²) in [6, 6.07) is 2.90. The summed E-state index contributed by atoms with van der Waals surface area (Å²) in [6.45, 7) is 3.57. The van der Waals surface area contributed by atoms with Crippen LogP contribution < -0.4 is 0 Å². The molecule has 0 radical (unpaired) electrons. The number of rotatable bonds is 4. The second-order valence-corrected chi connectivity index (χ2v) is 6.82. The molecule has 0 spiro atoms. The van der Waals surface area contributed by atoms with E-state index in [0.29, 0.717) is 26.2 Å². The van der Waals surface area contributed by atoms with E-state index < -0.39 is 6.04 Å². The van der Waals surface area contributed by atoms with Crippen LogP contribution in [0.15, 0.2) is 22.8 Å². The average Bonchev–Trinajstić information content (AvgIpc) is 3.34. The summed E-state index contributed by atoms with van der Waals surface area (Å²) in [5.74, 6) is 0.444. The van der Waals surface area contributed by atoms with Crippen molar-refractivity contribution in [1.29, 1.82) is 0 Å². The third-order valence-electron chi connectivity index (χ3n) is 5.20. The van der Waals surface area contributed by atoms with Crippen molar-refractivity contribution in [2.24, 2.45) is 0 Å². The van der Waals surface area contributed by atoms with Crippen molar-refractivity contribution in [2.45, 2.75) is 25.4 Å². The van der Waals surface area contributed by atoms with Crippen molar-refractivity contribution in [1.82, 2.24) is 19.6 Å². The third kappa shape index (κ3) is 3.02. The number of amides is 4. The Balaban J connectivity index is 1.40. The van der Waals surface area contributed by atoms with Gasteiger partial charge in [-0.2, -0.15) is 0 Å². The minimum Gasteiger partial charge on any atom is -0.468 e. The number of imide groups is 1. The molecule has 1 unspecified atom stereocenters. The van der Waals surface area contributed by atoms with Gasteiger partial charge < -0.3 is 14.2 Å². The molecule has 1 aromatic heterocycles. The number of hydrogen-bond donors (Lipinski definition) is 0. The maximum absolute atomic E-state index is 12.7. The van der Waals surface area contributed by atoms with Crippen LogP contribution in [0, 0.1) is 0 Å². The van der Waals surface area contributed by atoms with E-state index in [9.17, 15) is 14.4 Å². The Kier molecular flexibility index (Phi) is 4.20. The van der Waals surface area contributed by atoms with Gasteiger partial charge in [-0.25, -0.2) is 4.79 Å². The monoisotopic (exact) mass is 346 g/mol. The largest absolute Gasteiger partial charge is 0.468 e. The van der Waals surface area contributed by atoms with Gasteiger partial charge in [-0.05, 0) is 25.0 Å². The van der Waals surface area contributed by atoms with Gasteiger partial charge in [0.25, 0.3) is 5.91 Å². The highest BCUT2D eigenvalue weighted by Crippen LogP contribution is 2.23. The summed E-state index contributed by atoms with van der Waals surface area (Å²) in [7, 11) is 0. The van der Waals surface area contributed by atoms with Crippen LogP contribution in [0.3, 0.4) is 0 Å². The lowest BCUT2D eigenvalue weighted by Crippen LogP contribution is -2.52. The van der Waals surface area contributed by atoms with Crippen LogP contribution in [0.2, 0.25) is 0 Å². The molecule has 1 atom stereocenters. The maximum atomic E-state index is 12.7. The number of piperazine rings is 1. The van der Waals surface area contributed by atoms with Crippen molar-refractivity contribution >= 4 is 17.8 Å². The molecule has 0 N–H and O–H groups in total. The zero-order chi connectivity index (χ0) is 17.4. The number of furan rings is 1. The quantitative estimate of drug-likeness (QED) is 0.735. The summed E-state index contributed by atoms with van der Waals surface area (Å²) < 4.78 is 5.36. The van der Waals surface area contributed by atoms with Crippen molar-refractivity contribution < 1.29 is 18.8 Å². The molecule has 3 saturated heterocycles. The molecule has 8 heteroatoms. The van der Waals surface area contributed by atoms with Crippen molar-refractivity contribution in [3.05, 3.63) is 24.2 Å². The van der Waals surface area contributed by atoms with Crippen LogP contribution in [0.4, 0.5) is 4.79 Å². The Hall–Kier alpha value is -2.35. The second-order valence-electron chi connectivity index (χ2n) is 6.82. The van der Waals surface area contributed by atoms with Gasteiger partial charge in [0.15, 0.2) is 0 Å². The highest BCUT2D eigenvalue weighted by Gasteiger charge is 2.48. The van der Waals surface area contributed by atoms with E-state index >= 15 is 0 Å². The fourth-order valence-corrected chi connectivity index (χ4v) is 3.82. The minimum absolute atomic E-state index is 0.133. The van der Waals surface area contributed by atoms with E-state index in [1.807, 2.05) is 12.1 Å². The molecule has 0 saturated carbocycles. The van der Waals surface area contributed by atoms with E-state index in [-0.39, 0.29) is 24.4 Å². The zero-order valence-corrected chi connectivity index (χ0v) is 14.1. The van der Waals surface area contributed by atoms with Crippen molar-refractivity contribution in [3.8, 4) is 0 Å². The second kappa shape index (κ2) is 6.51. The zero-order valence-electron chi connectivity index (χ0n) is 14.1. The number of hydrogen-bond acceptors (Lipinski definition) is 5. The number of fused-ring (bicyclic) bond motifs is 1. The van der Waals surface area contributed by atoms with Crippen molar-refractivity contribution in [2.75, 3.05) is 39.3 Å². The molecule has 3 aliphatic rings. The lowest BCUT2D eigenvalue weighted by atomic mass is 10.2. The molecule has 0 bridgehead atoms. The standard InChI is InChI=1S/C17H22N4O4/c22-15(19-5-1-2-6-19)12-21-16(23)14-11-18(7-8-20(14)17(21)24)10-13-4-3-9-25-13/h3-4,9,14H,1-2,5-8,10-12H2. The van der Waals surface area contributed by atoms with E-state index in [1.54, 1.807) is 16.1 Å². The Morgan fingerprint density at radius 3 is 2.68 bits per heavy atom. The summed E-state index contributed by atoms with van der Waals surface area (Å²) in [4.78, 5) is 44.1. The smallest absolute Gasteiger partial charge is 0.328 e. The van der Waals surface area contributed by atoms with Gasteiger partial charge in [0, 0.05) is 32.7 Å². The van der Waals surface area contributed by atoms with Gasteiger partial charge in [-0.3, -0.25) is 19.4 Å². The molecular weight excluding hydrogens is 324 g/mol. The Labute approximate surface area is 145 Å². The molecule has 4 rings (SSSR count). The normalized spacial score (nSPS) is 24.3. The van der Waals surface area contributed by atoms with Gasteiger partial charge in [0.2, 0.25) is 5.91 Å². The fraction of sp³-hybridized carbons (Fsp3) is 0.588. The van der Waals surface area contributed by atoms with Crippen LogP contribution in [0.1, 0.15) is 18.6 Å². The number of nitrogens with zero attached hydrogens (tertiary/aromatic N) is 4. The highest BCUT2D eigenvalue weighted by atomic mass is 16.3. The first-order valence-electron chi connectivity index (χ1n) is 8.78. The van der Waals surface area contributed by atoms with E-state index in [0.717, 1.165) is 36.6 Å². The molecular formula is C17H22N4O4. The van der Waals surface area contributed by atoms with Crippen LogP contribution >= 0.6 is 0 Å². The lowest BCUT2D eigenvalue weighted by Gasteiger charge is -2.34. The van der Waals surface area contributed by atoms with Gasteiger partial charge in [0.1, 0.15) is 18.3 Å². The van der Waals surface area contributed by atoms with Crippen LogP contribution in [0.25, 0.3) is 0 Å². The first-order chi connectivity index (χ1) is 12.1. The Morgan fingerprint density at radius 1 is 1.16 bits per heavy atom. The summed E-state index contributed by atoms with van der Waals surface area (Å²) in [5.41, 5.74) is 0. The molecule has 3 fully saturated rings. The number of likely N-dealkylation sites (tertiary alicyclic amines) is 1. The van der Waals surface area contributed by atoms with E-state index in [2.05, 4.69) is 4.90 Å². The predicted molar refractivity (Wildman–Crippen MR) is 87.4 cm³/mol. The van der Waals surface area contributed by atoms with Gasteiger partial charge >= 0.3 is 6.03 Å². The SMILES string of the molecule is O=C(CN1C(=O)C2CN(Cc3ccco3)CCN2C1=O)N1CCCC1. The first kappa shape index (κ1) is 16.1. The summed E-state index contributed by atoms with van der Waals surface area (Å²) >= 11 is 0. The van der Waals surface area contributed by atoms with Gasteiger partial charge in [0.05, 0.1) is 12.8 Å². The summed E-state index contributed by atoms with van der Waals surface area (Å²) in [6.07, 6.45) is 3.61.